The molecule has 2 heterocycles. The van der Waals surface area contributed by atoms with E-state index in [9.17, 15) is 0 Å². The summed E-state index contributed by atoms with van der Waals surface area (Å²) >= 11 is 1.75. The minimum atomic E-state index is 0.553. The van der Waals surface area contributed by atoms with Crippen molar-refractivity contribution in [1.82, 2.24) is 9.97 Å². The Bertz CT molecular complexity index is 370. The summed E-state index contributed by atoms with van der Waals surface area (Å²) < 4.78 is 10.7. The number of nitrogens with zero attached hydrogens (tertiary/aromatic N) is 2. The summed E-state index contributed by atoms with van der Waals surface area (Å²) in [5, 5.41) is 4.46. The molecule has 0 radical (unpaired) electrons. The topological polar surface area (TPSA) is 56.3 Å². The summed E-state index contributed by atoms with van der Waals surface area (Å²) in [6.45, 7) is 1.67. The third-order valence-corrected chi connectivity index (χ3v) is 3.98. The van der Waals surface area contributed by atoms with Gasteiger partial charge in [0.1, 0.15) is 11.4 Å². The van der Waals surface area contributed by atoms with Crippen molar-refractivity contribution in [2.75, 3.05) is 32.7 Å². The maximum atomic E-state index is 5.37. The number of methoxy groups -OCH3 is 1. The Kier molecular flexibility index (Phi) is 4.44. The Labute approximate surface area is 105 Å². The van der Waals surface area contributed by atoms with Gasteiger partial charge in [-0.05, 0) is 12.8 Å². The molecule has 0 bridgehead atoms. The summed E-state index contributed by atoms with van der Waals surface area (Å²) in [5.41, 5.74) is 0. The first kappa shape index (κ1) is 12.4. The maximum Gasteiger partial charge on any atom is 0.193 e. The van der Waals surface area contributed by atoms with Crippen LogP contribution in [0.1, 0.15) is 12.8 Å². The first-order chi connectivity index (χ1) is 8.35. The van der Waals surface area contributed by atoms with E-state index < -0.39 is 0 Å². The van der Waals surface area contributed by atoms with Crippen LogP contribution in [0.5, 0.6) is 5.75 Å². The zero-order valence-corrected chi connectivity index (χ0v) is 10.9. The fourth-order valence-electron chi connectivity index (χ4n) is 1.76. The van der Waals surface area contributed by atoms with E-state index in [-0.39, 0.29) is 0 Å². The molecule has 0 unspecified atom stereocenters. The molecule has 0 aliphatic carbocycles. The molecule has 94 valence electrons. The fourth-order valence-corrected chi connectivity index (χ4v) is 2.89. The van der Waals surface area contributed by atoms with Gasteiger partial charge < -0.3 is 14.8 Å². The molecule has 5 nitrogen and oxygen atoms in total. The number of rotatable bonds is 4. The average Bonchev–Trinajstić information content (AvgIpc) is 2.39. The lowest BCUT2D eigenvalue weighted by molar-refractivity contribution is 0.1000. The van der Waals surface area contributed by atoms with Gasteiger partial charge in [0.25, 0.3) is 0 Å². The zero-order valence-electron chi connectivity index (χ0n) is 10.1. The van der Waals surface area contributed by atoms with Crippen LogP contribution in [0.15, 0.2) is 11.4 Å². The first-order valence-electron chi connectivity index (χ1n) is 5.66. The smallest absolute Gasteiger partial charge is 0.193 e. The molecule has 0 spiro atoms. The Hall–Kier alpha value is -1.01. The Balaban J connectivity index is 2.13. The van der Waals surface area contributed by atoms with Gasteiger partial charge in [0, 0.05) is 25.5 Å². The number of hydrogen-bond acceptors (Lipinski definition) is 6. The van der Waals surface area contributed by atoms with Gasteiger partial charge >= 0.3 is 0 Å². The standard InChI is InChI=1S/C11H17N3O2S/c1-12-10-9(15-2)11(14-7-13-10)17-8-3-5-16-6-4-8/h7-8H,3-6H2,1-2H3,(H,12,13,14). The van der Waals surface area contributed by atoms with Gasteiger partial charge in [-0.3, -0.25) is 0 Å². The number of aromatic nitrogens is 2. The van der Waals surface area contributed by atoms with Crippen molar-refractivity contribution in [2.24, 2.45) is 0 Å². The van der Waals surface area contributed by atoms with E-state index in [4.69, 9.17) is 9.47 Å². The van der Waals surface area contributed by atoms with E-state index in [0.717, 1.165) is 42.6 Å². The highest BCUT2D eigenvalue weighted by atomic mass is 32.2. The second kappa shape index (κ2) is 6.07. The Morgan fingerprint density at radius 2 is 2.18 bits per heavy atom. The molecule has 1 N–H and O–H groups in total. The van der Waals surface area contributed by atoms with Crippen LogP contribution in [0.25, 0.3) is 0 Å². The van der Waals surface area contributed by atoms with Crippen LogP contribution in [-0.2, 0) is 4.74 Å². The summed E-state index contributed by atoms with van der Waals surface area (Å²) in [7, 11) is 3.47. The molecule has 2 rings (SSSR count). The highest BCUT2D eigenvalue weighted by Crippen LogP contribution is 2.37. The Morgan fingerprint density at radius 3 is 2.82 bits per heavy atom. The molecule has 0 atom stereocenters. The van der Waals surface area contributed by atoms with E-state index in [1.165, 1.54) is 0 Å². The number of nitrogens with one attached hydrogen (secondary N) is 1. The van der Waals surface area contributed by atoms with E-state index in [1.807, 2.05) is 7.05 Å². The molecule has 0 saturated carbocycles. The van der Waals surface area contributed by atoms with Crippen molar-refractivity contribution in [3.63, 3.8) is 0 Å². The molecule has 6 heteroatoms. The van der Waals surface area contributed by atoms with Crippen LogP contribution >= 0.6 is 11.8 Å². The summed E-state index contributed by atoms with van der Waals surface area (Å²) in [4.78, 5) is 8.43. The Morgan fingerprint density at radius 1 is 1.41 bits per heavy atom. The molecule has 0 amide bonds. The van der Waals surface area contributed by atoms with Crippen molar-refractivity contribution in [3.8, 4) is 5.75 Å². The van der Waals surface area contributed by atoms with E-state index in [2.05, 4.69) is 15.3 Å². The predicted molar refractivity (Wildman–Crippen MR) is 67.8 cm³/mol. The minimum Gasteiger partial charge on any atom is -0.490 e. The highest BCUT2D eigenvalue weighted by Gasteiger charge is 2.19. The third-order valence-electron chi connectivity index (χ3n) is 2.66. The third kappa shape index (κ3) is 3.01. The van der Waals surface area contributed by atoms with Crippen molar-refractivity contribution >= 4 is 17.6 Å². The van der Waals surface area contributed by atoms with E-state index in [1.54, 1.807) is 25.2 Å². The van der Waals surface area contributed by atoms with Crippen molar-refractivity contribution < 1.29 is 9.47 Å². The molecule has 1 aliphatic heterocycles. The number of anilines is 1. The van der Waals surface area contributed by atoms with Gasteiger partial charge in [-0.1, -0.05) is 11.8 Å². The second-order valence-electron chi connectivity index (χ2n) is 3.74. The van der Waals surface area contributed by atoms with Gasteiger partial charge in [0.15, 0.2) is 11.6 Å². The van der Waals surface area contributed by atoms with Crippen LogP contribution in [0.3, 0.4) is 0 Å². The SMILES string of the molecule is CNc1ncnc(SC2CCOCC2)c1OC. The van der Waals surface area contributed by atoms with E-state index in [0.29, 0.717) is 5.25 Å². The van der Waals surface area contributed by atoms with Crippen molar-refractivity contribution in [2.45, 2.75) is 23.1 Å². The minimum absolute atomic E-state index is 0.553. The summed E-state index contributed by atoms with van der Waals surface area (Å²) in [6.07, 6.45) is 3.69. The van der Waals surface area contributed by atoms with Crippen LogP contribution in [0.4, 0.5) is 5.82 Å². The molecular weight excluding hydrogens is 238 g/mol. The molecule has 1 fully saturated rings. The predicted octanol–water partition coefficient (Wildman–Crippen LogP) is 1.80. The van der Waals surface area contributed by atoms with Crippen LogP contribution in [0, 0.1) is 0 Å². The molecule has 1 aromatic heterocycles. The molecule has 17 heavy (non-hydrogen) atoms. The highest BCUT2D eigenvalue weighted by molar-refractivity contribution is 8.00. The van der Waals surface area contributed by atoms with Gasteiger partial charge in [0.05, 0.1) is 7.11 Å². The first-order valence-corrected chi connectivity index (χ1v) is 6.54. The van der Waals surface area contributed by atoms with Crippen molar-refractivity contribution in [1.29, 1.82) is 0 Å². The fraction of sp³-hybridized carbons (Fsp3) is 0.636. The zero-order chi connectivity index (χ0) is 12.1. The van der Waals surface area contributed by atoms with E-state index >= 15 is 0 Å². The number of ether oxygens (including phenoxy) is 2. The molecular formula is C11H17N3O2S. The van der Waals surface area contributed by atoms with Crippen LogP contribution in [-0.4, -0.2) is 42.6 Å². The summed E-state index contributed by atoms with van der Waals surface area (Å²) in [5.74, 6) is 1.46. The van der Waals surface area contributed by atoms with Crippen LogP contribution < -0.4 is 10.1 Å². The lowest BCUT2D eigenvalue weighted by atomic mass is 10.2. The largest absolute Gasteiger partial charge is 0.490 e. The molecule has 1 saturated heterocycles. The second-order valence-corrected chi connectivity index (χ2v) is 5.03. The summed E-state index contributed by atoms with van der Waals surface area (Å²) in [6, 6.07) is 0. The van der Waals surface area contributed by atoms with Gasteiger partial charge in [-0.2, -0.15) is 0 Å². The number of hydrogen-bond donors (Lipinski definition) is 1. The van der Waals surface area contributed by atoms with Gasteiger partial charge in [0.2, 0.25) is 0 Å². The van der Waals surface area contributed by atoms with Crippen LogP contribution in [0.2, 0.25) is 0 Å². The molecule has 1 aromatic rings. The van der Waals surface area contributed by atoms with Gasteiger partial charge in [-0.25, -0.2) is 9.97 Å². The molecule has 0 aromatic carbocycles. The average molecular weight is 255 g/mol. The maximum absolute atomic E-state index is 5.37. The molecule has 1 aliphatic rings. The monoisotopic (exact) mass is 255 g/mol. The van der Waals surface area contributed by atoms with Gasteiger partial charge in [-0.15, -0.1) is 0 Å². The number of thioether (sulfide) groups is 1. The lowest BCUT2D eigenvalue weighted by Gasteiger charge is -2.21. The normalized spacial score (nSPS) is 16.8. The quantitative estimate of drug-likeness (QED) is 0.828. The lowest BCUT2D eigenvalue weighted by Crippen LogP contribution is -2.17. The van der Waals surface area contributed by atoms with Crippen molar-refractivity contribution in [3.05, 3.63) is 6.33 Å².